The fourth-order valence-electron chi connectivity index (χ4n) is 14.9. The Balaban J connectivity index is 0.938. The molecule has 0 aromatic heterocycles. The largest absolute Gasteiger partial charge is 0.327 e. The number of amides is 3. The Morgan fingerprint density at radius 2 is 0.750 bits per heavy atom. The minimum absolute atomic E-state index is 0.144. The minimum Gasteiger partial charge on any atom is -0.327 e. The van der Waals surface area contributed by atoms with Crippen molar-refractivity contribution >= 4 is 17.7 Å². The van der Waals surface area contributed by atoms with Crippen molar-refractivity contribution in [1.82, 2.24) is 16.0 Å². The molecule has 13 rings (SSSR count). The molecule has 3 amide bonds. The van der Waals surface area contributed by atoms with Crippen LogP contribution in [0.15, 0.2) is 23.2 Å². The van der Waals surface area contributed by atoms with E-state index in [0.717, 1.165) is 69.2 Å². The maximum atomic E-state index is 14.4. The van der Waals surface area contributed by atoms with E-state index in [1.807, 2.05) is 0 Å². The third-order valence-electron chi connectivity index (χ3n) is 15.4. The van der Waals surface area contributed by atoms with Gasteiger partial charge < -0.3 is 16.0 Å². The maximum Gasteiger partial charge on any atom is 0.230 e. The van der Waals surface area contributed by atoms with Crippen LogP contribution in [0.2, 0.25) is 0 Å². The van der Waals surface area contributed by atoms with Gasteiger partial charge in [0.1, 0.15) is 0 Å². The summed E-state index contributed by atoms with van der Waals surface area (Å²) in [5, 5.41) is 10.3. The summed E-state index contributed by atoms with van der Waals surface area (Å²) >= 11 is 0. The van der Waals surface area contributed by atoms with Crippen molar-refractivity contribution in [3.63, 3.8) is 0 Å². The summed E-state index contributed by atoms with van der Waals surface area (Å²) < 4.78 is 0. The number of hydrogen-bond acceptors (Lipinski definition) is 3. The minimum atomic E-state index is -0.283. The quantitative estimate of drug-likeness (QED) is 0.327. The predicted octanol–water partition coefficient (Wildman–Crippen LogP) is 6.48. The fourth-order valence-corrected chi connectivity index (χ4v) is 14.9. The lowest BCUT2D eigenvalue weighted by atomic mass is 9.49. The molecule has 6 heteroatoms. The van der Waals surface area contributed by atoms with Crippen LogP contribution < -0.4 is 16.0 Å². The molecule has 0 saturated heterocycles. The second kappa shape index (κ2) is 9.25. The van der Waals surface area contributed by atoms with Crippen LogP contribution in [0.25, 0.3) is 0 Å². The van der Waals surface area contributed by atoms with Crippen LogP contribution in [0.5, 0.6) is 0 Å². The van der Waals surface area contributed by atoms with E-state index in [0.29, 0.717) is 65.4 Å². The van der Waals surface area contributed by atoms with Gasteiger partial charge in [-0.15, -0.1) is 0 Å². The molecule has 12 bridgehead atoms. The first-order valence-electron chi connectivity index (χ1n) is 18.6. The molecule has 13 aliphatic carbocycles. The van der Waals surface area contributed by atoms with Crippen molar-refractivity contribution in [2.45, 2.75) is 122 Å². The summed E-state index contributed by atoms with van der Waals surface area (Å²) in [6.45, 7) is 0. The zero-order valence-corrected chi connectivity index (χ0v) is 26.4. The second-order valence-corrected chi connectivity index (χ2v) is 18.6. The van der Waals surface area contributed by atoms with Gasteiger partial charge >= 0.3 is 0 Å². The SMILES string of the molecule is O=C(NC1=CCC(NC(=O)C23CC4CC(CC(C4)C2)C3)=C1NC(=O)C12CC3CC(CC(C3)C1)C2)C12CC3CC(CC(C3)C1)C2. The summed E-state index contributed by atoms with van der Waals surface area (Å²) in [6.07, 6.45) is 23.5. The van der Waals surface area contributed by atoms with Gasteiger partial charge in [0, 0.05) is 12.1 Å². The van der Waals surface area contributed by atoms with E-state index in [1.165, 1.54) is 57.8 Å². The molecule has 0 unspecified atom stereocenters. The monoisotopic (exact) mass is 597 g/mol. The zero-order chi connectivity index (χ0) is 29.4. The molecule has 236 valence electrons. The van der Waals surface area contributed by atoms with Crippen molar-refractivity contribution in [3.05, 3.63) is 23.2 Å². The molecule has 12 fully saturated rings. The third-order valence-corrected chi connectivity index (χ3v) is 15.4. The van der Waals surface area contributed by atoms with Crippen LogP contribution >= 0.6 is 0 Å². The zero-order valence-electron chi connectivity index (χ0n) is 26.4. The number of nitrogens with one attached hydrogen (secondary N) is 3. The smallest absolute Gasteiger partial charge is 0.230 e. The molecular weight excluding hydrogens is 546 g/mol. The highest BCUT2D eigenvalue weighted by Crippen LogP contribution is 2.62. The summed E-state index contributed by atoms with van der Waals surface area (Å²) in [5.41, 5.74) is 1.46. The second-order valence-electron chi connectivity index (χ2n) is 18.6. The normalized spacial score (nSPS) is 50.3. The lowest BCUT2D eigenvalue weighted by Gasteiger charge is -2.56. The van der Waals surface area contributed by atoms with Gasteiger partial charge in [-0.1, -0.05) is 6.08 Å². The molecular formula is C38H51N3O3. The molecule has 0 radical (unpaired) electrons. The Morgan fingerprint density at radius 3 is 1.09 bits per heavy atom. The molecule has 3 N–H and O–H groups in total. The first-order valence-corrected chi connectivity index (χ1v) is 18.6. The van der Waals surface area contributed by atoms with E-state index >= 15 is 0 Å². The molecule has 0 aliphatic heterocycles. The molecule has 0 aromatic rings. The van der Waals surface area contributed by atoms with Gasteiger partial charge in [0.05, 0.1) is 27.6 Å². The third kappa shape index (κ3) is 4.06. The summed E-state index contributed by atoms with van der Waals surface area (Å²) in [4.78, 5) is 42.7. The number of allylic oxidation sites excluding steroid dienone is 1. The van der Waals surface area contributed by atoms with E-state index in [4.69, 9.17) is 0 Å². The standard InChI is InChI=1S/C38H51N3O3/c42-33(36-12-21-3-22(13-36)5-23(4-21)14-36)39-30-1-2-31(40-34(43)37-15-24-6-25(16-37)8-26(7-24)17-37)32(30)41-35(44)38-18-27-9-28(19-38)11-29(10-27)20-38/h1,21-29H,2-20H2,(H,39,42)(H,40,43)(H,41,44). The first-order chi connectivity index (χ1) is 21.2. The Kier molecular flexibility index (Phi) is 5.68. The van der Waals surface area contributed by atoms with Crippen molar-refractivity contribution in [3.8, 4) is 0 Å². The number of carbonyl (C=O) groups is 3. The molecule has 6 nitrogen and oxygen atoms in total. The predicted molar refractivity (Wildman–Crippen MR) is 166 cm³/mol. The molecule has 0 atom stereocenters. The average Bonchev–Trinajstić information content (AvgIpc) is 3.31. The van der Waals surface area contributed by atoms with Gasteiger partial charge in [0.15, 0.2) is 0 Å². The molecule has 13 aliphatic rings. The van der Waals surface area contributed by atoms with Crippen LogP contribution in [-0.2, 0) is 14.4 Å². The lowest BCUT2D eigenvalue weighted by Crippen LogP contribution is -2.55. The van der Waals surface area contributed by atoms with Crippen molar-refractivity contribution in [2.75, 3.05) is 0 Å². The van der Waals surface area contributed by atoms with Crippen LogP contribution in [0, 0.1) is 69.5 Å². The lowest BCUT2D eigenvalue weighted by molar-refractivity contribution is -0.146. The Labute approximate surface area is 262 Å². The van der Waals surface area contributed by atoms with E-state index in [9.17, 15) is 14.4 Å². The Morgan fingerprint density at radius 1 is 0.455 bits per heavy atom. The van der Waals surface area contributed by atoms with Crippen molar-refractivity contribution in [1.29, 1.82) is 0 Å². The van der Waals surface area contributed by atoms with Gasteiger partial charge in [-0.2, -0.15) is 0 Å². The highest BCUT2D eigenvalue weighted by Gasteiger charge is 2.58. The summed E-state index contributed by atoms with van der Waals surface area (Å²) in [7, 11) is 0. The van der Waals surface area contributed by atoms with Gasteiger partial charge in [0.2, 0.25) is 17.7 Å². The van der Waals surface area contributed by atoms with Gasteiger partial charge in [-0.3, -0.25) is 14.4 Å². The first kappa shape index (κ1) is 27.0. The van der Waals surface area contributed by atoms with E-state index < -0.39 is 0 Å². The average molecular weight is 598 g/mol. The van der Waals surface area contributed by atoms with E-state index in [-0.39, 0.29) is 34.0 Å². The van der Waals surface area contributed by atoms with Gasteiger partial charge in [-0.25, -0.2) is 0 Å². The van der Waals surface area contributed by atoms with Crippen LogP contribution in [0.4, 0.5) is 0 Å². The summed E-state index contributed by atoms with van der Waals surface area (Å²) in [6, 6.07) is 0. The van der Waals surface area contributed by atoms with Crippen LogP contribution in [0.1, 0.15) is 122 Å². The van der Waals surface area contributed by atoms with Crippen LogP contribution in [0.3, 0.4) is 0 Å². The number of hydrogen-bond donors (Lipinski definition) is 3. The highest BCUT2D eigenvalue weighted by atomic mass is 16.2. The summed E-state index contributed by atoms with van der Waals surface area (Å²) in [5.74, 6) is 6.75. The molecule has 0 aromatic carbocycles. The molecule has 44 heavy (non-hydrogen) atoms. The van der Waals surface area contributed by atoms with E-state index in [1.54, 1.807) is 0 Å². The van der Waals surface area contributed by atoms with Crippen LogP contribution in [-0.4, -0.2) is 17.7 Å². The van der Waals surface area contributed by atoms with Gasteiger partial charge in [-0.05, 0) is 169 Å². The van der Waals surface area contributed by atoms with Gasteiger partial charge in [0.25, 0.3) is 0 Å². The Bertz CT molecular complexity index is 1280. The number of rotatable bonds is 6. The molecule has 0 spiro atoms. The fraction of sp³-hybridized carbons (Fsp3) is 0.816. The van der Waals surface area contributed by atoms with Crippen molar-refractivity contribution in [2.24, 2.45) is 69.5 Å². The molecule has 0 heterocycles. The number of carbonyl (C=O) groups excluding carboxylic acids is 3. The Hall–Kier alpha value is -2.11. The maximum absolute atomic E-state index is 14.4. The molecule has 12 saturated carbocycles. The topological polar surface area (TPSA) is 87.3 Å². The highest BCUT2D eigenvalue weighted by molar-refractivity contribution is 5.90. The van der Waals surface area contributed by atoms with E-state index in [2.05, 4.69) is 22.0 Å². The van der Waals surface area contributed by atoms with Crippen molar-refractivity contribution < 1.29 is 14.4 Å².